The Morgan fingerprint density at radius 3 is 2.39 bits per heavy atom. The minimum absolute atomic E-state index is 0.0858. The molecule has 2 aromatic carbocycles. The number of halogens is 1. The van der Waals surface area contributed by atoms with Gasteiger partial charge in [-0.15, -0.1) is 11.8 Å². The molecular formula is C21H21ClN2O3S. The first-order valence-corrected chi connectivity index (χ1v) is 10.4. The van der Waals surface area contributed by atoms with Crippen LogP contribution in [0.2, 0.25) is 5.02 Å². The summed E-state index contributed by atoms with van der Waals surface area (Å²) in [5.74, 6) is -0.243. The molecule has 1 aliphatic rings. The van der Waals surface area contributed by atoms with Gasteiger partial charge in [-0.3, -0.25) is 14.4 Å². The largest absolute Gasteiger partial charge is 0.325 e. The molecular weight excluding hydrogens is 396 g/mol. The number of amides is 3. The first kappa shape index (κ1) is 20.4. The second-order valence-electron chi connectivity index (χ2n) is 6.87. The lowest BCUT2D eigenvalue weighted by molar-refractivity contribution is -0.121. The highest BCUT2D eigenvalue weighted by Gasteiger charge is 2.40. The van der Waals surface area contributed by atoms with Crippen LogP contribution in [0.1, 0.15) is 31.7 Å². The SMILES string of the molecule is CC(C)c1ccc(NC(=O)CS[C@H]2CC(=O)N(c3ccc(Cl)cc3)C2=O)cc1. The van der Waals surface area contributed by atoms with Gasteiger partial charge >= 0.3 is 0 Å². The maximum absolute atomic E-state index is 12.6. The molecule has 1 heterocycles. The maximum Gasteiger partial charge on any atom is 0.247 e. The highest BCUT2D eigenvalue weighted by atomic mass is 35.5. The van der Waals surface area contributed by atoms with Crippen LogP contribution in [0, 0.1) is 0 Å². The molecule has 2 aromatic rings. The number of nitrogens with zero attached hydrogens (tertiary/aromatic N) is 1. The van der Waals surface area contributed by atoms with E-state index in [1.807, 2.05) is 24.3 Å². The number of nitrogens with one attached hydrogen (secondary N) is 1. The molecule has 7 heteroatoms. The van der Waals surface area contributed by atoms with Crippen molar-refractivity contribution in [2.45, 2.75) is 31.4 Å². The van der Waals surface area contributed by atoms with Gasteiger partial charge in [0, 0.05) is 17.1 Å². The predicted octanol–water partition coefficient (Wildman–Crippen LogP) is 4.47. The van der Waals surface area contributed by atoms with E-state index in [4.69, 9.17) is 11.6 Å². The van der Waals surface area contributed by atoms with Crippen molar-refractivity contribution < 1.29 is 14.4 Å². The van der Waals surface area contributed by atoms with Gasteiger partial charge in [-0.05, 0) is 47.9 Å². The zero-order valence-electron chi connectivity index (χ0n) is 15.6. The molecule has 0 bridgehead atoms. The van der Waals surface area contributed by atoms with Crippen LogP contribution in [0.25, 0.3) is 0 Å². The van der Waals surface area contributed by atoms with E-state index in [0.29, 0.717) is 22.3 Å². The number of rotatable bonds is 6. The molecule has 0 saturated carbocycles. The Balaban J connectivity index is 1.55. The van der Waals surface area contributed by atoms with Crippen molar-refractivity contribution in [3.8, 4) is 0 Å². The summed E-state index contributed by atoms with van der Waals surface area (Å²) in [6.45, 7) is 4.22. The molecule has 1 atom stereocenters. The highest BCUT2D eigenvalue weighted by Crippen LogP contribution is 2.30. The second-order valence-corrected chi connectivity index (χ2v) is 8.50. The summed E-state index contributed by atoms with van der Waals surface area (Å²) in [6.07, 6.45) is 0.0858. The summed E-state index contributed by atoms with van der Waals surface area (Å²) in [7, 11) is 0. The quantitative estimate of drug-likeness (QED) is 0.705. The maximum atomic E-state index is 12.6. The molecule has 1 fully saturated rings. The van der Waals surface area contributed by atoms with Crippen LogP contribution in [0.15, 0.2) is 48.5 Å². The van der Waals surface area contributed by atoms with Crippen molar-refractivity contribution in [3.63, 3.8) is 0 Å². The first-order valence-electron chi connectivity index (χ1n) is 8.99. The van der Waals surface area contributed by atoms with Gasteiger partial charge in [0.1, 0.15) is 0 Å². The average molecular weight is 417 g/mol. The fraction of sp³-hybridized carbons (Fsp3) is 0.286. The number of carbonyl (C=O) groups excluding carboxylic acids is 3. The molecule has 0 aromatic heterocycles. The smallest absolute Gasteiger partial charge is 0.247 e. The number of hydrogen-bond donors (Lipinski definition) is 1. The molecule has 0 spiro atoms. The molecule has 5 nitrogen and oxygen atoms in total. The molecule has 146 valence electrons. The average Bonchev–Trinajstić information content (AvgIpc) is 2.95. The Morgan fingerprint density at radius 2 is 1.79 bits per heavy atom. The number of hydrogen-bond acceptors (Lipinski definition) is 4. The number of anilines is 2. The lowest BCUT2D eigenvalue weighted by Gasteiger charge is -2.15. The summed E-state index contributed by atoms with van der Waals surface area (Å²) in [6, 6.07) is 14.2. The predicted molar refractivity (Wildman–Crippen MR) is 114 cm³/mol. The van der Waals surface area contributed by atoms with E-state index < -0.39 is 5.25 Å². The van der Waals surface area contributed by atoms with E-state index in [2.05, 4.69) is 19.2 Å². The van der Waals surface area contributed by atoms with Crippen molar-refractivity contribution in [1.29, 1.82) is 0 Å². The molecule has 28 heavy (non-hydrogen) atoms. The van der Waals surface area contributed by atoms with Crippen LogP contribution in [-0.2, 0) is 14.4 Å². The molecule has 3 rings (SSSR count). The van der Waals surface area contributed by atoms with E-state index in [9.17, 15) is 14.4 Å². The van der Waals surface area contributed by atoms with Gasteiger partial charge in [0.2, 0.25) is 17.7 Å². The van der Waals surface area contributed by atoms with Crippen molar-refractivity contribution in [2.24, 2.45) is 0 Å². The number of carbonyl (C=O) groups is 3. The van der Waals surface area contributed by atoms with Crippen molar-refractivity contribution in [3.05, 3.63) is 59.1 Å². The minimum atomic E-state index is -0.558. The standard InChI is InChI=1S/C21H21ClN2O3S/c1-13(2)14-3-7-16(8-4-14)23-19(25)12-28-18-11-20(26)24(21(18)27)17-9-5-15(22)6-10-17/h3-10,13,18H,11-12H2,1-2H3,(H,23,25)/t18-/m0/s1. The lowest BCUT2D eigenvalue weighted by Crippen LogP contribution is -2.31. The first-order chi connectivity index (χ1) is 13.3. The van der Waals surface area contributed by atoms with Gasteiger partial charge in [-0.1, -0.05) is 37.6 Å². The second kappa shape index (κ2) is 8.80. The Morgan fingerprint density at radius 1 is 1.14 bits per heavy atom. The van der Waals surface area contributed by atoms with Crippen molar-refractivity contribution in [2.75, 3.05) is 16.0 Å². The van der Waals surface area contributed by atoms with E-state index in [1.54, 1.807) is 24.3 Å². The van der Waals surface area contributed by atoms with Crippen molar-refractivity contribution >= 4 is 52.5 Å². The van der Waals surface area contributed by atoms with E-state index in [0.717, 1.165) is 4.90 Å². The zero-order chi connectivity index (χ0) is 20.3. The zero-order valence-corrected chi connectivity index (χ0v) is 17.2. The van der Waals surface area contributed by atoms with Crippen LogP contribution < -0.4 is 10.2 Å². The molecule has 0 unspecified atom stereocenters. The van der Waals surface area contributed by atoms with Crippen LogP contribution in [0.5, 0.6) is 0 Å². The summed E-state index contributed by atoms with van der Waals surface area (Å²) in [4.78, 5) is 38.2. The number of benzene rings is 2. The van der Waals surface area contributed by atoms with Gasteiger partial charge in [0.15, 0.2) is 0 Å². The van der Waals surface area contributed by atoms with Crippen LogP contribution in [0.3, 0.4) is 0 Å². The van der Waals surface area contributed by atoms with Gasteiger partial charge in [0.25, 0.3) is 0 Å². The Hall–Kier alpha value is -2.31. The van der Waals surface area contributed by atoms with Crippen LogP contribution >= 0.6 is 23.4 Å². The lowest BCUT2D eigenvalue weighted by atomic mass is 10.0. The summed E-state index contributed by atoms with van der Waals surface area (Å²) < 4.78 is 0. The molecule has 1 N–H and O–H groups in total. The van der Waals surface area contributed by atoms with Gasteiger partial charge in [-0.25, -0.2) is 4.90 Å². The van der Waals surface area contributed by atoms with E-state index >= 15 is 0 Å². The van der Waals surface area contributed by atoms with Gasteiger partial charge in [0.05, 0.1) is 16.7 Å². The molecule has 0 radical (unpaired) electrons. The summed E-state index contributed by atoms with van der Waals surface area (Å²) >= 11 is 7.04. The normalized spacial score (nSPS) is 16.7. The van der Waals surface area contributed by atoms with E-state index in [-0.39, 0.29) is 29.9 Å². The third-order valence-electron chi connectivity index (χ3n) is 4.47. The number of imide groups is 1. The van der Waals surface area contributed by atoms with Gasteiger partial charge < -0.3 is 5.32 Å². The third-order valence-corrected chi connectivity index (χ3v) is 5.92. The van der Waals surface area contributed by atoms with E-state index in [1.165, 1.54) is 17.3 Å². The monoisotopic (exact) mass is 416 g/mol. The topological polar surface area (TPSA) is 66.5 Å². The minimum Gasteiger partial charge on any atom is -0.325 e. The molecule has 3 amide bonds. The Kier molecular flexibility index (Phi) is 6.42. The fourth-order valence-electron chi connectivity index (χ4n) is 2.92. The Labute approximate surface area is 173 Å². The van der Waals surface area contributed by atoms with Gasteiger partial charge in [-0.2, -0.15) is 0 Å². The summed E-state index contributed by atoms with van der Waals surface area (Å²) in [5.41, 5.74) is 2.41. The Bertz CT molecular complexity index is 882. The van der Waals surface area contributed by atoms with Crippen LogP contribution in [-0.4, -0.2) is 28.7 Å². The molecule has 0 aliphatic carbocycles. The number of thioether (sulfide) groups is 1. The van der Waals surface area contributed by atoms with Crippen LogP contribution in [0.4, 0.5) is 11.4 Å². The third kappa shape index (κ3) is 4.75. The van der Waals surface area contributed by atoms with Crippen molar-refractivity contribution in [1.82, 2.24) is 0 Å². The summed E-state index contributed by atoms with van der Waals surface area (Å²) in [5, 5.41) is 2.80. The fourth-order valence-corrected chi connectivity index (χ4v) is 3.98. The highest BCUT2D eigenvalue weighted by molar-refractivity contribution is 8.01. The molecule has 1 aliphatic heterocycles. The molecule has 1 saturated heterocycles.